The Morgan fingerprint density at radius 3 is 2.50 bits per heavy atom. The molecule has 3 atom stereocenters. The van der Waals surface area contributed by atoms with Crippen LogP contribution in [0, 0.1) is 18.8 Å². The number of primary amides is 1. The van der Waals surface area contributed by atoms with Crippen molar-refractivity contribution >= 4 is 17.5 Å². The van der Waals surface area contributed by atoms with Crippen LogP contribution < -0.4 is 5.73 Å². The zero-order chi connectivity index (χ0) is 24.5. The van der Waals surface area contributed by atoms with Crippen LogP contribution in [0.25, 0.3) is 11.1 Å². The fraction of sp³-hybridized carbons (Fsp3) is 0.280. The van der Waals surface area contributed by atoms with E-state index < -0.39 is 52.0 Å². The predicted molar refractivity (Wildman–Crippen MR) is 119 cm³/mol. The van der Waals surface area contributed by atoms with Crippen molar-refractivity contribution in [2.45, 2.75) is 31.8 Å². The molecule has 0 bridgehead atoms. The normalized spacial score (nSPS) is 26.2. The van der Waals surface area contributed by atoms with E-state index in [4.69, 9.17) is 5.73 Å². The molecular weight excluding hydrogens is 440 g/mol. The van der Waals surface area contributed by atoms with Gasteiger partial charge in [0.2, 0.25) is 5.78 Å². The van der Waals surface area contributed by atoms with Crippen molar-refractivity contribution in [2.75, 3.05) is 0 Å². The number of carbonyl (C=O) groups is 3. The van der Waals surface area contributed by atoms with Crippen LogP contribution >= 0.6 is 0 Å². The Hall–Kier alpha value is -3.98. The van der Waals surface area contributed by atoms with Gasteiger partial charge in [-0.3, -0.25) is 19.4 Å². The molecule has 9 nitrogen and oxygen atoms in total. The average molecular weight is 462 g/mol. The lowest BCUT2D eigenvalue weighted by molar-refractivity contribution is -0.144. The van der Waals surface area contributed by atoms with Gasteiger partial charge in [0.1, 0.15) is 22.8 Å². The van der Waals surface area contributed by atoms with Crippen molar-refractivity contribution in [3.8, 4) is 16.9 Å². The summed E-state index contributed by atoms with van der Waals surface area (Å²) < 4.78 is 0. The lowest BCUT2D eigenvalue weighted by atomic mass is 9.60. The van der Waals surface area contributed by atoms with Crippen LogP contribution in [-0.2, 0) is 16.0 Å². The molecule has 0 saturated carbocycles. The summed E-state index contributed by atoms with van der Waals surface area (Å²) in [6.45, 7) is 1.85. The minimum atomic E-state index is -2.57. The number of aromatic nitrogens is 1. The zero-order valence-electron chi connectivity index (χ0n) is 18.2. The van der Waals surface area contributed by atoms with E-state index in [1.165, 1.54) is 6.07 Å². The molecule has 1 aromatic carbocycles. The van der Waals surface area contributed by atoms with Gasteiger partial charge in [0, 0.05) is 35.4 Å². The van der Waals surface area contributed by atoms with Gasteiger partial charge in [-0.25, -0.2) is 0 Å². The minimum absolute atomic E-state index is 0.0188. The van der Waals surface area contributed by atoms with Crippen LogP contribution in [-0.4, -0.2) is 48.5 Å². The van der Waals surface area contributed by atoms with Crippen LogP contribution in [0.5, 0.6) is 5.75 Å². The first-order valence-corrected chi connectivity index (χ1v) is 10.8. The maximum atomic E-state index is 13.6. The average Bonchev–Trinajstić information content (AvgIpc) is 2.77. The topological polar surface area (TPSA) is 171 Å². The Balaban J connectivity index is 1.68. The molecule has 0 radical (unpaired) electrons. The van der Waals surface area contributed by atoms with Gasteiger partial charge in [-0.15, -0.1) is 0 Å². The van der Waals surface area contributed by atoms with E-state index in [1.54, 1.807) is 12.3 Å². The Bertz CT molecular complexity index is 1360. The monoisotopic (exact) mass is 462 g/mol. The molecular formula is C25H22N2O7. The number of benzene rings is 1. The second-order valence-corrected chi connectivity index (χ2v) is 9.08. The SMILES string of the molecule is Cc1ccc(-c2ccc(O)c3c2C[C@H]2C[C@H]4CC(O)=C(C(N)=O)C(=O)[C@@]4(O)C(O)=C2C3=O)cn1. The molecule has 0 fully saturated rings. The number of allylic oxidation sites excluding steroid dienone is 2. The number of aromatic hydroxyl groups is 1. The standard InChI is InChI=1S/C25H22N2O7/c1-10-2-3-11(9-27-10)14-4-5-16(28)19-15(14)7-12-6-13-8-17(29)20(24(26)33)23(32)25(13,34)22(31)18(12)21(19)30/h2-5,9,12-13,28-29,31,34H,6-8H2,1H3,(H2,26,33)/t12-,13+,25+/m1/s1. The van der Waals surface area contributed by atoms with E-state index in [0.717, 1.165) is 11.3 Å². The number of carbonyl (C=O) groups excluding carboxylic acids is 3. The number of ketones is 2. The number of phenolic OH excluding ortho intramolecular Hbond substituents is 1. The van der Waals surface area contributed by atoms with Crippen LogP contribution in [0.4, 0.5) is 0 Å². The highest BCUT2D eigenvalue weighted by atomic mass is 16.3. The summed E-state index contributed by atoms with van der Waals surface area (Å²) in [6.07, 6.45) is 1.74. The number of fused-ring (bicyclic) bond motifs is 3. The number of aliphatic hydroxyl groups is 3. The highest BCUT2D eigenvalue weighted by molar-refractivity contribution is 6.24. The smallest absolute Gasteiger partial charge is 0.255 e. The number of Topliss-reactive ketones (excluding diaryl/α,β-unsaturated/α-hetero) is 2. The van der Waals surface area contributed by atoms with E-state index in [9.17, 15) is 34.8 Å². The van der Waals surface area contributed by atoms with E-state index in [2.05, 4.69) is 4.98 Å². The molecule has 1 amide bonds. The van der Waals surface area contributed by atoms with Gasteiger partial charge in [-0.1, -0.05) is 12.1 Å². The number of nitrogens with two attached hydrogens (primary N) is 1. The second kappa shape index (κ2) is 7.26. The molecule has 0 aliphatic heterocycles. The molecule has 3 aliphatic carbocycles. The van der Waals surface area contributed by atoms with E-state index in [-0.39, 0.29) is 36.1 Å². The van der Waals surface area contributed by atoms with Crippen molar-refractivity contribution in [1.29, 1.82) is 0 Å². The fourth-order valence-electron chi connectivity index (χ4n) is 5.52. The van der Waals surface area contributed by atoms with E-state index in [0.29, 0.717) is 11.1 Å². The lowest BCUT2D eigenvalue weighted by Crippen LogP contribution is -2.57. The van der Waals surface area contributed by atoms with Gasteiger partial charge in [0.25, 0.3) is 5.91 Å². The van der Waals surface area contributed by atoms with Gasteiger partial charge < -0.3 is 26.2 Å². The van der Waals surface area contributed by atoms with Crippen molar-refractivity contribution < 1.29 is 34.8 Å². The molecule has 0 spiro atoms. The summed E-state index contributed by atoms with van der Waals surface area (Å²) >= 11 is 0. The number of aryl methyl sites for hydroxylation is 1. The highest BCUT2D eigenvalue weighted by Crippen LogP contribution is 2.52. The number of nitrogens with zero attached hydrogens (tertiary/aromatic N) is 1. The summed E-state index contributed by atoms with van der Waals surface area (Å²) in [5, 5.41) is 43.1. The van der Waals surface area contributed by atoms with E-state index in [1.807, 2.05) is 19.1 Å². The van der Waals surface area contributed by atoms with Gasteiger partial charge in [0.15, 0.2) is 11.4 Å². The molecule has 174 valence electrons. The molecule has 1 heterocycles. The third-order valence-electron chi connectivity index (χ3n) is 7.17. The van der Waals surface area contributed by atoms with Crippen LogP contribution in [0.15, 0.2) is 53.1 Å². The summed E-state index contributed by atoms with van der Waals surface area (Å²) in [4.78, 5) is 42.5. The summed E-state index contributed by atoms with van der Waals surface area (Å²) in [7, 11) is 0. The first kappa shape index (κ1) is 21.8. The summed E-state index contributed by atoms with van der Waals surface area (Å²) in [6, 6.07) is 6.76. The molecule has 6 N–H and O–H groups in total. The van der Waals surface area contributed by atoms with Crippen LogP contribution in [0.1, 0.15) is 34.5 Å². The first-order chi connectivity index (χ1) is 16.1. The first-order valence-electron chi connectivity index (χ1n) is 10.8. The van der Waals surface area contributed by atoms with Gasteiger partial charge in [0.05, 0.1) is 5.56 Å². The molecule has 0 saturated heterocycles. The zero-order valence-corrected chi connectivity index (χ0v) is 18.2. The number of pyridine rings is 1. The number of rotatable bonds is 2. The summed E-state index contributed by atoms with van der Waals surface area (Å²) in [5.74, 6) is -6.42. The van der Waals surface area contributed by atoms with Crippen molar-refractivity contribution in [2.24, 2.45) is 17.6 Å². The van der Waals surface area contributed by atoms with Crippen LogP contribution in [0.2, 0.25) is 0 Å². The molecule has 9 heteroatoms. The number of amides is 1. The molecule has 0 unspecified atom stereocenters. The van der Waals surface area contributed by atoms with Gasteiger partial charge >= 0.3 is 0 Å². The van der Waals surface area contributed by atoms with Crippen LogP contribution in [0.3, 0.4) is 0 Å². The molecule has 2 aromatic rings. The Morgan fingerprint density at radius 1 is 1.12 bits per heavy atom. The molecule has 3 aliphatic rings. The Labute approximate surface area is 193 Å². The Morgan fingerprint density at radius 2 is 1.85 bits per heavy atom. The number of aliphatic hydroxyl groups excluding tert-OH is 2. The molecule has 34 heavy (non-hydrogen) atoms. The predicted octanol–water partition coefficient (Wildman–Crippen LogP) is 1.95. The van der Waals surface area contributed by atoms with Gasteiger partial charge in [-0.05, 0) is 48.9 Å². The maximum Gasteiger partial charge on any atom is 0.255 e. The quantitative estimate of drug-likeness (QED) is 0.421. The van der Waals surface area contributed by atoms with Crippen molar-refractivity contribution in [1.82, 2.24) is 4.98 Å². The highest BCUT2D eigenvalue weighted by Gasteiger charge is 2.59. The molecule has 5 rings (SSSR count). The second-order valence-electron chi connectivity index (χ2n) is 9.08. The molecule has 1 aromatic heterocycles. The number of phenols is 1. The number of hydrogen-bond acceptors (Lipinski definition) is 8. The Kier molecular flexibility index (Phi) is 4.66. The lowest BCUT2D eigenvalue weighted by Gasteiger charge is -2.45. The van der Waals surface area contributed by atoms with Crippen molar-refractivity contribution in [3.63, 3.8) is 0 Å². The van der Waals surface area contributed by atoms with Crippen molar-refractivity contribution in [3.05, 3.63) is 69.9 Å². The largest absolute Gasteiger partial charge is 0.511 e. The summed E-state index contributed by atoms with van der Waals surface area (Å²) in [5.41, 5.74) is 4.49. The number of hydrogen-bond donors (Lipinski definition) is 5. The fourth-order valence-corrected chi connectivity index (χ4v) is 5.52. The third-order valence-corrected chi connectivity index (χ3v) is 7.17. The third kappa shape index (κ3) is 2.83. The van der Waals surface area contributed by atoms with E-state index >= 15 is 0 Å². The van der Waals surface area contributed by atoms with Gasteiger partial charge in [-0.2, -0.15) is 0 Å². The minimum Gasteiger partial charge on any atom is -0.511 e. The maximum absolute atomic E-state index is 13.6.